The zero-order valence-electron chi connectivity index (χ0n) is 11.2. The highest BCUT2D eigenvalue weighted by atomic mass is 35.5. The smallest absolute Gasteiger partial charge is 0.261 e. The first kappa shape index (κ1) is 13.6. The maximum atomic E-state index is 11.5. The second-order valence-electron chi connectivity index (χ2n) is 4.60. The molecule has 0 saturated carbocycles. The molecule has 0 atom stereocenters. The lowest BCUT2D eigenvalue weighted by atomic mass is 10.1. The van der Waals surface area contributed by atoms with E-state index in [2.05, 4.69) is 22.1 Å². The Kier molecular flexibility index (Phi) is 3.84. The molecular weight excluding hydrogens is 284 g/mol. The SMILES string of the molecule is O=C(CCl)N=c1ccccc2c(-c3ccccc3)c[nH]c12. The minimum Gasteiger partial charge on any atom is -0.359 e. The molecule has 1 heterocycles. The second kappa shape index (κ2) is 5.94. The number of fused-ring (bicyclic) bond motifs is 1. The zero-order chi connectivity index (χ0) is 14.7. The van der Waals surface area contributed by atoms with E-state index in [0.717, 1.165) is 22.0 Å². The Labute approximate surface area is 126 Å². The molecule has 104 valence electrons. The third-order valence-electron chi connectivity index (χ3n) is 3.25. The minimum atomic E-state index is -0.347. The molecule has 0 unspecified atom stereocenters. The van der Waals surface area contributed by atoms with Crippen LogP contribution in [0.5, 0.6) is 0 Å². The van der Waals surface area contributed by atoms with Crippen molar-refractivity contribution in [1.82, 2.24) is 4.98 Å². The van der Waals surface area contributed by atoms with E-state index in [9.17, 15) is 4.79 Å². The summed E-state index contributed by atoms with van der Waals surface area (Å²) in [6.07, 6.45) is 1.93. The van der Waals surface area contributed by atoms with Gasteiger partial charge >= 0.3 is 0 Å². The highest BCUT2D eigenvalue weighted by Crippen LogP contribution is 2.26. The van der Waals surface area contributed by atoms with E-state index in [1.807, 2.05) is 42.6 Å². The molecule has 1 N–H and O–H groups in total. The molecular formula is C17H13ClN2O. The maximum absolute atomic E-state index is 11.5. The van der Waals surface area contributed by atoms with Crippen LogP contribution in [-0.2, 0) is 4.79 Å². The average molecular weight is 297 g/mol. The fourth-order valence-corrected chi connectivity index (χ4v) is 2.38. The molecule has 3 nitrogen and oxygen atoms in total. The van der Waals surface area contributed by atoms with Crippen LogP contribution in [0.4, 0.5) is 0 Å². The van der Waals surface area contributed by atoms with Gasteiger partial charge in [0.25, 0.3) is 5.91 Å². The topological polar surface area (TPSA) is 45.2 Å². The number of aromatic amines is 1. The third kappa shape index (κ3) is 2.73. The number of carbonyl (C=O) groups is 1. The number of nitrogens with one attached hydrogen (secondary N) is 1. The number of amides is 1. The Morgan fingerprint density at radius 2 is 1.76 bits per heavy atom. The van der Waals surface area contributed by atoms with Crippen LogP contribution in [0.25, 0.3) is 22.0 Å². The summed E-state index contributed by atoms with van der Waals surface area (Å²) in [7, 11) is 0. The first-order chi connectivity index (χ1) is 10.3. The van der Waals surface area contributed by atoms with Gasteiger partial charge in [-0.15, -0.1) is 11.6 Å². The number of H-pyrrole nitrogens is 1. The highest BCUT2D eigenvalue weighted by molar-refractivity contribution is 6.27. The molecule has 4 heteroatoms. The van der Waals surface area contributed by atoms with Gasteiger partial charge in [0, 0.05) is 17.1 Å². The monoisotopic (exact) mass is 296 g/mol. The van der Waals surface area contributed by atoms with Crippen molar-refractivity contribution in [3.05, 3.63) is 66.2 Å². The molecule has 1 aromatic heterocycles. The molecule has 0 aliphatic heterocycles. The van der Waals surface area contributed by atoms with Gasteiger partial charge < -0.3 is 4.98 Å². The number of aromatic nitrogens is 1. The van der Waals surface area contributed by atoms with Crippen molar-refractivity contribution in [1.29, 1.82) is 0 Å². The lowest BCUT2D eigenvalue weighted by Crippen LogP contribution is -2.06. The number of halogens is 1. The van der Waals surface area contributed by atoms with Gasteiger partial charge in [0.15, 0.2) is 0 Å². The zero-order valence-corrected chi connectivity index (χ0v) is 12.0. The minimum absolute atomic E-state index is 0.119. The quantitative estimate of drug-likeness (QED) is 0.723. The number of rotatable bonds is 2. The normalized spacial score (nSPS) is 11.8. The number of benzene rings is 1. The van der Waals surface area contributed by atoms with Crippen LogP contribution >= 0.6 is 11.6 Å². The van der Waals surface area contributed by atoms with Crippen molar-refractivity contribution in [2.75, 3.05) is 5.88 Å². The average Bonchev–Trinajstić information content (AvgIpc) is 2.85. The number of carbonyl (C=O) groups excluding carboxylic acids is 1. The van der Waals surface area contributed by atoms with Crippen LogP contribution in [-0.4, -0.2) is 16.8 Å². The Morgan fingerprint density at radius 3 is 2.52 bits per heavy atom. The van der Waals surface area contributed by atoms with Gasteiger partial charge in [0.05, 0.1) is 10.9 Å². The van der Waals surface area contributed by atoms with Crippen molar-refractivity contribution in [2.45, 2.75) is 0 Å². The van der Waals surface area contributed by atoms with Crippen LogP contribution in [0.1, 0.15) is 0 Å². The number of nitrogens with zero attached hydrogens (tertiary/aromatic N) is 1. The molecule has 3 aromatic rings. The summed E-state index contributed by atoms with van der Waals surface area (Å²) < 4.78 is 0. The van der Waals surface area contributed by atoms with Gasteiger partial charge in [0.2, 0.25) is 0 Å². The molecule has 1 amide bonds. The standard InChI is InChI=1S/C17H13ClN2O/c18-10-16(21)20-15-9-5-4-8-13-14(11-19-17(13)15)12-6-2-1-3-7-12/h1-9,11,19H,10H2. The summed E-state index contributed by atoms with van der Waals surface area (Å²) in [5, 5.41) is 1.62. The summed E-state index contributed by atoms with van der Waals surface area (Å²) in [5.41, 5.74) is 3.03. The van der Waals surface area contributed by atoms with E-state index < -0.39 is 0 Å². The summed E-state index contributed by atoms with van der Waals surface area (Å²) in [6.45, 7) is 0. The van der Waals surface area contributed by atoms with Gasteiger partial charge in [-0.3, -0.25) is 4.79 Å². The molecule has 0 radical (unpaired) electrons. The van der Waals surface area contributed by atoms with Gasteiger partial charge in [-0.2, -0.15) is 0 Å². The van der Waals surface area contributed by atoms with Gasteiger partial charge in [-0.05, 0) is 11.6 Å². The lowest BCUT2D eigenvalue weighted by molar-refractivity contribution is -0.115. The molecule has 2 aromatic carbocycles. The van der Waals surface area contributed by atoms with Crippen molar-refractivity contribution in [3.63, 3.8) is 0 Å². The van der Waals surface area contributed by atoms with Crippen molar-refractivity contribution >= 4 is 28.4 Å². The molecule has 0 spiro atoms. The Balaban J connectivity index is 2.30. The predicted octanol–water partition coefficient (Wildman–Crippen LogP) is 3.50. The summed E-state index contributed by atoms with van der Waals surface area (Å²) in [5.74, 6) is -0.466. The third-order valence-corrected chi connectivity index (χ3v) is 3.48. The maximum Gasteiger partial charge on any atom is 0.261 e. The Bertz CT molecular complexity index is 853. The summed E-state index contributed by atoms with van der Waals surface area (Å²) in [4.78, 5) is 18.8. The van der Waals surface area contributed by atoms with Crippen LogP contribution in [0, 0.1) is 0 Å². The van der Waals surface area contributed by atoms with E-state index in [4.69, 9.17) is 11.6 Å². The Hall–Kier alpha value is -2.39. The molecule has 21 heavy (non-hydrogen) atoms. The van der Waals surface area contributed by atoms with Crippen LogP contribution < -0.4 is 5.36 Å². The van der Waals surface area contributed by atoms with E-state index in [0.29, 0.717) is 5.36 Å². The summed E-state index contributed by atoms with van der Waals surface area (Å²) >= 11 is 5.53. The second-order valence-corrected chi connectivity index (χ2v) is 4.87. The van der Waals surface area contributed by atoms with Gasteiger partial charge in [0.1, 0.15) is 5.88 Å². The van der Waals surface area contributed by atoms with Gasteiger partial charge in [-0.25, -0.2) is 4.99 Å². The summed E-state index contributed by atoms with van der Waals surface area (Å²) in [6, 6.07) is 17.7. The van der Waals surface area contributed by atoms with E-state index in [-0.39, 0.29) is 11.8 Å². The molecule has 0 aliphatic rings. The molecule has 3 rings (SSSR count). The number of hydrogen-bond donors (Lipinski definition) is 1. The van der Waals surface area contributed by atoms with Crippen LogP contribution in [0.2, 0.25) is 0 Å². The number of hydrogen-bond acceptors (Lipinski definition) is 1. The number of alkyl halides is 1. The fraction of sp³-hybridized carbons (Fsp3) is 0.0588. The lowest BCUT2D eigenvalue weighted by Gasteiger charge is -1.97. The van der Waals surface area contributed by atoms with Crippen LogP contribution in [0.3, 0.4) is 0 Å². The molecule has 0 fully saturated rings. The van der Waals surface area contributed by atoms with E-state index in [1.54, 1.807) is 6.07 Å². The predicted molar refractivity (Wildman–Crippen MR) is 85.0 cm³/mol. The van der Waals surface area contributed by atoms with Crippen molar-refractivity contribution in [2.24, 2.45) is 4.99 Å². The fourth-order valence-electron chi connectivity index (χ4n) is 2.32. The first-order valence-electron chi connectivity index (χ1n) is 6.59. The molecule has 0 saturated heterocycles. The van der Waals surface area contributed by atoms with Crippen molar-refractivity contribution in [3.8, 4) is 11.1 Å². The first-order valence-corrected chi connectivity index (χ1v) is 7.12. The van der Waals surface area contributed by atoms with E-state index >= 15 is 0 Å². The highest BCUT2D eigenvalue weighted by Gasteiger charge is 2.06. The molecule has 0 aliphatic carbocycles. The van der Waals surface area contributed by atoms with Crippen LogP contribution in [0.15, 0.2) is 65.8 Å². The van der Waals surface area contributed by atoms with E-state index in [1.165, 1.54) is 0 Å². The van der Waals surface area contributed by atoms with Gasteiger partial charge in [-0.1, -0.05) is 48.5 Å². The largest absolute Gasteiger partial charge is 0.359 e. The Morgan fingerprint density at radius 1 is 1.05 bits per heavy atom. The van der Waals surface area contributed by atoms with Crippen molar-refractivity contribution < 1.29 is 4.79 Å². The molecule has 0 bridgehead atoms.